The van der Waals surface area contributed by atoms with Gasteiger partial charge in [0.25, 0.3) is 5.91 Å². The predicted molar refractivity (Wildman–Crippen MR) is 220 cm³/mol. The van der Waals surface area contributed by atoms with E-state index in [9.17, 15) is 14.7 Å². The van der Waals surface area contributed by atoms with Gasteiger partial charge in [-0.15, -0.1) is 0 Å². The summed E-state index contributed by atoms with van der Waals surface area (Å²) in [4.78, 5) is 48.0. The number of halogens is 1. The second-order valence-corrected chi connectivity index (χ2v) is 21.6. The van der Waals surface area contributed by atoms with Crippen LogP contribution in [0, 0.1) is 5.92 Å². The Labute approximate surface area is 332 Å². The van der Waals surface area contributed by atoms with Crippen molar-refractivity contribution in [2.75, 3.05) is 30.1 Å². The summed E-state index contributed by atoms with van der Waals surface area (Å²) in [7, 11) is -0.806. The summed E-state index contributed by atoms with van der Waals surface area (Å²) >= 11 is 3.70. The van der Waals surface area contributed by atoms with Crippen LogP contribution in [-0.2, 0) is 37.7 Å². The third kappa shape index (κ3) is 6.33. The molecule has 3 amide bonds. The summed E-state index contributed by atoms with van der Waals surface area (Å²) in [5, 5.41) is 11.3. The van der Waals surface area contributed by atoms with Gasteiger partial charge in [-0.2, -0.15) is 0 Å². The molecule has 0 saturated carbocycles. The first-order valence-electron chi connectivity index (χ1n) is 19.3. The molecule has 4 aliphatic heterocycles. The van der Waals surface area contributed by atoms with Gasteiger partial charge in [0.2, 0.25) is 11.8 Å². The number of fused-ring (bicyclic) bond motifs is 3. The average molecular weight is 823 g/mol. The van der Waals surface area contributed by atoms with Crippen molar-refractivity contribution in [1.82, 2.24) is 4.90 Å². The highest BCUT2D eigenvalue weighted by molar-refractivity contribution is 9.10. The Morgan fingerprint density at radius 2 is 1.73 bits per heavy atom. The van der Waals surface area contributed by atoms with E-state index in [0.717, 1.165) is 63.2 Å². The van der Waals surface area contributed by atoms with Gasteiger partial charge >= 0.3 is 0 Å². The molecule has 11 heteroatoms. The summed E-state index contributed by atoms with van der Waals surface area (Å²) in [5.74, 6) is 0.403. The lowest BCUT2D eigenvalue weighted by atomic mass is 9.82. The normalized spacial score (nSPS) is 24.8. The standard InChI is InChI=1S/C44H48BrN3O6Si/c1-28-42(55(3,4)35-19-17-34(53-2)18-20-35)39(25-41(51)46-23-7-9-33(46)27-49)54-44(28)36-24-31(45)14-21-38(36)47(43(44)52)26-29-11-15-32(16-12-29)48-37-10-6-5-8-30(37)13-22-40(48)50/h5-6,8,10-12,14-21,24,28,33,39,42,49H,7,9,13,22-23,25-27H2,1-4H3/t28-,33+,39+,42-,44+/m1/s1. The largest absolute Gasteiger partial charge is 0.497 e. The number of rotatable bonds is 9. The van der Waals surface area contributed by atoms with E-state index in [0.29, 0.717) is 19.5 Å². The molecule has 0 radical (unpaired) electrons. The van der Waals surface area contributed by atoms with Crippen LogP contribution in [0.4, 0.5) is 17.1 Å². The number of nitrogens with zero attached hydrogens (tertiary/aromatic N) is 3. The number of carbonyl (C=O) groups is 3. The number of amides is 3. The second kappa shape index (κ2) is 14.7. The van der Waals surface area contributed by atoms with Crippen molar-refractivity contribution in [3.05, 3.63) is 112 Å². The highest BCUT2D eigenvalue weighted by Crippen LogP contribution is 2.60. The molecule has 2 saturated heterocycles. The molecule has 8 rings (SSSR count). The van der Waals surface area contributed by atoms with Gasteiger partial charge in [-0.05, 0) is 84.5 Å². The summed E-state index contributed by atoms with van der Waals surface area (Å²) in [6.07, 6.45) is 2.44. The molecule has 0 bridgehead atoms. The Hall–Kier alpha value is -4.29. The summed E-state index contributed by atoms with van der Waals surface area (Å²) in [6.45, 7) is 7.62. The maximum atomic E-state index is 15.3. The Balaban J connectivity index is 1.15. The van der Waals surface area contributed by atoms with Crippen LogP contribution in [0.5, 0.6) is 5.75 Å². The topological polar surface area (TPSA) is 99.6 Å². The van der Waals surface area contributed by atoms with Crippen LogP contribution in [0.15, 0.2) is 95.5 Å². The number of aryl methyl sites for hydroxylation is 1. The van der Waals surface area contributed by atoms with E-state index >= 15 is 4.79 Å². The number of methoxy groups -OCH3 is 1. The first kappa shape index (κ1) is 37.6. The van der Waals surface area contributed by atoms with Crippen LogP contribution in [0.3, 0.4) is 0 Å². The third-order valence-electron chi connectivity index (χ3n) is 12.7. The summed E-state index contributed by atoms with van der Waals surface area (Å²) in [6, 6.07) is 29.9. The van der Waals surface area contributed by atoms with Crippen molar-refractivity contribution in [3.63, 3.8) is 0 Å². The van der Waals surface area contributed by atoms with Crippen molar-refractivity contribution < 1.29 is 29.0 Å². The number of ether oxygens (including phenoxy) is 2. The molecule has 0 unspecified atom stereocenters. The minimum absolute atomic E-state index is 0.0398. The monoisotopic (exact) mass is 821 g/mol. The number of aliphatic hydroxyl groups is 1. The number of para-hydroxylation sites is 1. The van der Waals surface area contributed by atoms with E-state index in [-0.39, 0.29) is 48.3 Å². The molecule has 4 aromatic rings. The molecule has 2 fully saturated rings. The summed E-state index contributed by atoms with van der Waals surface area (Å²) < 4.78 is 13.6. The molecule has 4 aliphatic rings. The molecule has 286 valence electrons. The van der Waals surface area contributed by atoms with E-state index in [1.54, 1.807) is 12.0 Å². The Bertz CT molecular complexity index is 2130. The Kier molecular flexibility index (Phi) is 10.0. The molecule has 4 heterocycles. The lowest BCUT2D eigenvalue weighted by molar-refractivity contribution is -0.150. The van der Waals surface area contributed by atoms with E-state index in [1.165, 1.54) is 5.19 Å². The molecule has 0 aromatic heterocycles. The number of benzene rings is 4. The molecule has 9 nitrogen and oxygen atoms in total. The molecule has 4 aromatic carbocycles. The van der Waals surface area contributed by atoms with E-state index in [4.69, 9.17) is 9.47 Å². The molecular weight excluding hydrogens is 774 g/mol. The maximum absolute atomic E-state index is 15.3. The third-order valence-corrected chi connectivity index (χ3v) is 17.6. The zero-order chi connectivity index (χ0) is 38.6. The van der Waals surface area contributed by atoms with E-state index in [2.05, 4.69) is 54.1 Å². The first-order valence-corrected chi connectivity index (χ1v) is 23.2. The lowest BCUT2D eigenvalue weighted by Crippen LogP contribution is -2.52. The van der Waals surface area contributed by atoms with Crippen molar-refractivity contribution in [3.8, 4) is 5.75 Å². The average Bonchev–Trinajstić information content (AvgIpc) is 3.85. The smallest absolute Gasteiger partial charge is 0.264 e. The van der Waals surface area contributed by atoms with Crippen LogP contribution in [0.25, 0.3) is 0 Å². The van der Waals surface area contributed by atoms with Crippen molar-refractivity contribution >= 4 is 64.0 Å². The van der Waals surface area contributed by atoms with Crippen LogP contribution in [-0.4, -0.2) is 68.2 Å². The SMILES string of the molecule is COc1ccc([Si](C)(C)[C@H]2[C@H](CC(=O)N3CCC[C@H]3CO)O[C@@]3(C(=O)N(Cc4ccc(N5C(=O)CCc6ccccc65)cc4)c4ccc(Br)cc43)[C@@H]2C)cc1. The Morgan fingerprint density at radius 1 is 0.982 bits per heavy atom. The zero-order valence-electron chi connectivity index (χ0n) is 31.8. The predicted octanol–water partition coefficient (Wildman–Crippen LogP) is 7.20. The second-order valence-electron chi connectivity index (χ2n) is 16.0. The van der Waals surface area contributed by atoms with Gasteiger partial charge in [-0.3, -0.25) is 19.3 Å². The quantitative estimate of drug-likeness (QED) is 0.180. The highest BCUT2D eigenvalue weighted by Gasteiger charge is 2.66. The zero-order valence-corrected chi connectivity index (χ0v) is 34.4. The van der Waals surface area contributed by atoms with Crippen molar-refractivity contribution in [2.45, 2.75) is 82.0 Å². The Morgan fingerprint density at radius 3 is 2.45 bits per heavy atom. The van der Waals surface area contributed by atoms with Crippen molar-refractivity contribution in [1.29, 1.82) is 0 Å². The fourth-order valence-corrected chi connectivity index (χ4v) is 14.3. The lowest BCUT2D eigenvalue weighted by Gasteiger charge is -2.37. The molecule has 1 N–H and O–H groups in total. The van der Waals surface area contributed by atoms with Crippen molar-refractivity contribution in [2.24, 2.45) is 5.92 Å². The number of hydrogen-bond acceptors (Lipinski definition) is 6. The van der Waals surface area contributed by atoms with Crippen LogP contribution >= 0.6 is 15.9 Å². The molecule has 5 atom stereocenters. The number of hydrogen-bond donors (Lipinski definition) is 1. The molecule has 55 heavy (non-hydrogen) atoms. The fraction of sp³-hybridized carbons (Fsp3) is 0.386. The summed E-state index contributed by atoms with van der Waals surface area (Å²) in [5.41, 5.74) is 3.97. The minimum Gasteiger partial charge on any atom is -0.497 e. The molecular formula is C44H48BrN3O6Si. The van der Waals surface area contributed by atoms with Gasteiger partial charge in [-0.1, -0.05) is 83.6 Å². The van der Waals surface area contributed by atoms with E-state index < -0.39 is 19.8 Å². The first-order chi connectivity index (χ1) is 26.5. The van der Waals surface area contributed by atoms with Gasteiger partial charge in [0.1, 0.15) is 5.75 Å². The van der Waals surface area contributed by atoms with Gasteiger partial charge in [0.15, 0.2) is 5.60 Å². The minimum atomic E-state index is -2.46. The van der Waals surface area contributed by atoms with Crippen LogP contribution in [0.1, 0.15) is 49.3 Å². The van der Waals surface area contributed by atoms with Crippen LogP contribution in [0.2, 0.25) is 18.6 Å². The van der Waals surface area contributed by atoms with Gasteiger partial charge in [-0.25, -0.2) is 0 Å². The molecule has 0 aliphatic carbocycles. The number of anilines is 3. The van der Waals surface area contributed by atoms with Gasteiger partial charge in [0.05, 0.1) is 58.3 Å². The number of aliphatic hydroxyl groups excluding tert-OH is 1. The molecule has 1 spiro atoms. The van der Waals surface area contributed by atoms with E-state index in [1.807, 2.05) is 82.6 Å². The van der Waals surface area contributed by atoms with Gasteiger partial charge in [0, 0.05) is 34.6 Å². The number of carbonyl (C=O) groups excluding carboxylic acids is 3. The highest BCUT2D eigenvalue weighted by atomic mass is 79.9. The fourth-order valence-electron chi connectivity index (χ4n) is 9.93. The number of likely N-dealkylation sites (tertiary alicyclic amines) is 1. The maximum Gasteiger partial charge on any atom is 0.264 e. The van der Waals surface area contributed by atoms with Gasteiger partial charge < -0.3 is 24.4 Å². The van der Waals surface area contributed by atoms with Crippen LogP contribution < -0.4 is 19.7 Å².